The van der Waals surface area contributed by atoms with E-state index in [9.17, 15) is 14.4 Å². The van der Waals surface area contributed by atoms with Gasteiger partial charge in [-0.15, -0.1) is 11.3 Å². The fourth-order valence-electron chi connectivity index (χ4n) is 3.90. The quantitative estimate of drug-likeness (QED) is 0.598. The number of carbonyl (C=O) groups excluding carboxylic acids is 1. The minimum atomic E-state index is -0.508. The van der Waals surface area contributed by atoms with Gasteiger partial charge in [0, 0.05) is 31.1 Å². The average molecular weight is 413 g/mol. The molecule has 8 heteroatoms. The molecule has 1 aliphatic rings. The Morgan fingerprint density at radius 2 is 1.93 bits per heavy atom. The fraction of sp³-hybridized carbons (Fsp3) is 0.381. The normalized spacial score (nSPS) is 14.1. The first-order valence-electron chi connectivity index (χ1n) is 9.64. The van der Waals surface area contributed by atoms with Gasteiger partial charge in [-0.1, -0.05) is 30.3 Å². The van der Waals surface area contributed by atoms with E-state index < -0.39 is 11.7 Å². The van der Waals surface area contributed by atoms with Crippen LogP contribution in [-0.2, 0) is 42.1 Å². The molecule has 0 fully saturated rings. The van der Waals surface area contributed by atoms with Crippen molar-refractivity contribution < 1.29 is 9.53 Å². The molecule has 0 N–H and O–H groups in total. The summed E-state index contributed by atoms with van der Waals surface area (Å²) in [5, 5.41) is 0.578. The molecule has 1 aromatic carbocycles. The van der Waals surface area contributed by atoms with Crippen LogP contribution in [0.25, 0.3) is 10.2 Å². The van der Waals surface area contributed by atoms with E-state index in [1.807, 2.05) is 18.2 Å². The van der Waals surface area contributed by atoms with Gasteiger partial charge in [0.1, 0.15) is 11.4 Å². The zero-order valence-electron chi connectivity index (χ0n) is 16.5. The van der Waals surface area contributed by atoms with E-state index >= 15 is 0 Å². The maximum Gasteiger partial charge on any atom is 0.332 e. The van der Waals surface area contributed by atoms with Gasteiger partial charge < -0.3 is 4.74 Å². The van der Waals surface area contributed by atoms with Crippen molar-refractivity contribution in [2.24, 2.45) is 0 Å². The number of nitrogens with zero attached hydrogens (tertiary/aromatic N) is 3. The Hall–Kier alpha value is -2.71. The molecule has 2 aromatic heterocycles. The molecule has 3 heterocycles. The third kappa shape index (κ3) is 3.54. The van der Waals surface area contributed by atoms with Gasteiger partial charge >= 0.3 is 11.7 Å². The maximum atomic E-state index is 13.0. The van der Waals surface area contributed by atoms with E-state index in [1.165, 1.54) is 33.1 Å². The lowest BCUT2D eigenvalue weighted by Gasteiger charge is -2.26. The highest BCUT2D eigenvalue weighted by Crippen LogP contribution is 2.33. The van der Waals surface area contributed by atoms with Crippen LogP contribution in [0.3, 0.4) is 0 Å². The maximum absolute atomic E-state index is 13.0. The number of hydrogen-bond acceptors (Lipinski definition) is 6. The van der Waals surface area contributed by atoms with Crippen molar-refractivity contribution >= 4 is 27.5 Å². The average Bonchev–Trinajstić information content (AvgIpc) is 3.11. The van der Waals surface area contributed by atoms with E-state index in [0.29, 0.717) is 10.2 Å². The number of aromatic nitrogens is 2. The fourth-order valence-corrected chi connectivity index (χ4v) is 5.27. The smallest absolute Gasteiger partial charge is 0.332 e. The van der Waals surface area contributed by atoms with Gasteiger partial charge in [-0.2, -0.15) is 0 Å². The molecule has 0 unspecified atom stereocenters. The summed E-state index contributed by atoms with van der Waals surface area (Å²) in [5.41, 5.74) is 1.53. The van der Waals surface area contributed by atoms with Crippen LogP contribution in [0.4, 0.5) is 0 Å². The molecule has 0 aliphatic carbocycles. The molecule has 0 amide bonds. The zero-order valence-corrected chi connectivity index (χ0v) is 17.3. The van der Waals surface area contributed by atoms with Gasteiger partial charge in [-0.25, -0.2) is 4.79 Å². The minimum Gasteiger partial charge on any atom is -0.468 e. The number of carbonyl (C=O) groups is 1. The van der Waals surface area contributed by atoms with E-state index in [-0.39, 0.29) is 18.6 Å². The number of methoxy groups -OCH3 is 1. The van der Waals surface area contributed by atoms with Crippen molar-refractivity contribution in [1.82, 2.24) is 14.0 Å². The van der Waals surface area contributed by atoms with Crippen molar-refractivity contribution in [3.63, 3.8) is 0 Å². The van der Waals surface area contributed by atoms with Crippen LogP contribution in [0.1, 0.15) is 22.9 Å². The second-order valence-electron chi connectivity index (χ2n) is 7.12. The highest BCUT2D eigenvalue weighted by Gasteiger charge is 2.26. The number of thiophene rings is 1. The van der Waals surface area contributed by atoms with E-state index in [2.05, 4.69) is 17.0 Å². The van der Waals surface area contributed by atoms with Crippen LogP contribution < -0.4 is 11.2 Å². The first kappa shape index (κ1) is 19.6. The number of hydrogen-bond donors (Lipinski definition) is 0. The van der Waals surface area contributed by atoms with E-state index in [4.69, 9.17) is 4.74 Å². The first-order valence-corrected chi connectivity index (χ1v) is 10.5. The van der Waals surface area contributed by atoms with Crippen LogP contribution in [0, 0.1) is 0 Å². The number of benzene rings is 1. The summed E-state index contributed by atoms with van der Waals surface area (Å²) in [5.74, 6) is -0.508. The zero-order chi connectivity index (χ0) is 20.5. The molecule has 0 bridgehead atoms. The highest BCUT2D eigenvalue weighted by molar-refractivity contribution is 7.18. The number of fused-ring (bicyclic) bond motifs is 3. The standard InChI is InChI=1S/C21H23N3O4S/c1-3-23-19(26)18-15-9-10-22(11-14-7-5-4-6-8-14)12-16(15)29-20(18)24(21(23)27)13-17(25)28-2/h4-8H,3,9-13H2,1-2H3. The largest absolute Gasteiger partial charge is 0.468 e. The number of ether oxygens (including phenoxy) is 1. The summed E-state index contributed by atoms with van der Waals surface area (Å²) >= 11 is 1.44. The van der Waals surface area contributed by atoms with Gasteiger partial charge in [0.05, 0.1) is 12.5 Å². The Labute approximate surface area is 171 Å². The highest BCUT2D eigenvalue weighted by atomic mass is 32.1. The lowest BCUT2D eigenvalue weighted by Crippen LogP contribution is -2.40. The Bertz CT molecular complexity index is 1180. The summed E-state index contributed by atoms with van der Waals surface area (Å²) in [6.45, 7) is 4.23. The SMILES string of the molecule is CCn1c(=O)c2c3c(sc2n(CC(=O)OC)c1=O)CN(Cc1ccccc1)CC3. The molecule has 0 spiro atoms. The topological polar surface area (TPSA) is 73.5 Å². The molecule has 0 saturated carbocycles. The Kier molecular flexibility index (Phi) is 5.38. The van der Waals surface area contributed by atoms with Crippen molar-refractivity contribution in [2.75, 3.05) is 13.7 Å². The molecule has 0 radical (unpaired) electrons. The molecular weight excluding hydrogens is 390 g/mol. The summed E-state index contributed by atoms with van der Waals surface area (Å²) < 4.78 is 7.35. The predicted molar refractivity (Wildman–Crippen MR) is 112 cm³/mol. The van der Waals surface area contributed by atoms with E-state index in [1.54, 1.807) is 6.92 Å². The first-order chi connectivity index (χ1) is 14.0. The molecule has 4 rings (SSSR count). The summed E-state index contributed by atoms with van der Waals surface area (Å²) in [4.78, 5) is 41.7. The van der Waals surface area contributed by atoms with Crippen molar-refractivity contribution in [3.8, 4) is 0 Å². The lowest BCUT2D eigenvalue weighted by molar-refractivity contribution is -0.141. The van der Waals surface area contributed by atoms with Crippen LogP contribution >= 0.6 is 11.3 Å². The molecule has 7 nitrogen and oxygen atoms in total. The van der Waals surface area contributed by atoms with Gasteiger partial charge in [0.15, 0.2) is 0 Å². The van der Waals surface area contributed by atoms with Gasteiger partial charge in [0.25, 0.3) is 5.56 Å². The monoisotopic (exact) mass is 413 g/mol. The molecule has 0 atom stereocenters. The van der Waals surface area contributed by atoms with Crippen molar-refractivity contribution in [2.45, 2.75) is 39.5 Å². The van der Waals surface area contributed by atoms with Crippen LogP contribution in [0.15, 0.2) is 39.9 Å². The van der Waals surface area contributed by atoms with Crippen LogP contribution in [-0.4, -0.2) is 33.7 Å². The second-order valence-corrected chi connectivity index (χ2v) is 8.21. The Morgan fingerprint density at radius 3 is 2.62 bits per heavy atom. The Balaban J connectivity index is 1.79. The summed E-state index contributed by atoms with van der Waals surface area (Å²) in [7, 11) is 1.29. The van der Waals surface area contributed by atoms with Gasteiger partial charge in [-0.3, -0.25) is 23.6 Å². The van der Waals surface area contributed by atoms with Crippen molar-refractivity contribution in [3.05, 3.63) is 67.2 Å². The third-order valence-corrected chi connectivity index (χ3v) is 6.60. The van der Waals surface area contributed by atoms with Crippen molar-refractivity contribution in [1.29, 1.82) is 0 Å². The molecule has 152 valence electrons. The van der Waals surface area contributed by atoms with Crippen LogP contribution in [0.2, 0.25) is 0 Å². The molecular formula is C21H23N3O4S. The third-order valence-electron chi connectivity index (χ3n) is 5.36. The summed E-state index contributed by atoms with van der Waals surface area (Å²) in [6, 6.07) is 10.3. The summed E-state index contributed by atoms with van der Waals surface area (Å²) in [6.07, 6.45) is 0.748. The minimum absolute atomic E-state index is 0.195. The Morgan fingerprint density at radius 1 is 1.17 bits per heavy atom. The van der Waals surface area contributed by atoms with Gasteiger partial charge in [-0.05, 0) is 24.5 Å². The number of rotatable bonds is 5. The van der Waals surface area contributed by atoms with Crippen LogP contribution in [0.5, 0.6) is 0 Å². The molecule has 1 aliphatic heterocycles. The molecule has 3 aromatic rings. The molecule has 29 heavy (non-hydrogen) atoms. The predicted octanol–water partition coefficient (Wildman–Crippen LogP) is 1.98. The van der Waals surface area contributed by atoms with Gasteiger partial charge in [0.2, 0.25) is 0 Å². The lowest BCUT2D eigenvalue weighted by atomic mass is 10.0. The molecule has 0 saturated heterocycles. The van der Waals surface area contributed by atoms with E-state index in [0.717, 1.165) is 36.5 Å². The second kappa shape index (κ2) is 7.96. The number of esters is 1.